The molecule has 0 aliphatic heterocycles. The minimum absolute atomic E-state index is 0.0390. The number of carbonyl (C=O) groups is 1. The van der Waals surface area contributed by atoms with E-state index >= 15 is 0 Å². The molecular weight excluding hydrogens is 188 g/mol. The van der Waals surface area contributed by atoms with Crippen LogP contribution >= 0.6 is 12.6 Å². The predicted octanol–water partition coefficient (Wildman–Crippen LogP) is 2.46. The van der Waals surface area contributed by atoms with Crippen LogP contribution in [-0.2, 0) is 9.22 Å². The lowest BCUT2D eigenvalue weighted by atomic mass is 10.5. The zero-order valence-corrected chi connectivity index (χ0v) is 10.1. The molecule has 0 aromatic rings. The topological polar surface area (TPSA) is 26.3 Å². The summed E-state index contributed by atoms with van der Waals surface area (Å²) in [4.78, 5) is 10.6. The Morgan fingerprint density at radius 1 is 1.50 bits per heavy atom. The van der Waals surface area contributed by atoms with Gasteiger partial charge in [0.2, 0.25) is 0 Å². The number of thiol groups is 1. The second kappa shape index (κ2) is 5.04. The molecule has 0 atom stereocenters. The van der Waals surface area contributed by atoms with Gasteiger partial charge in [-0.15, -0.1) is 12.6 Å². The van der Waals surface area contributed by atoms with Crippen molar-refractivity contribution in [3.05, 3.63) is 0 Å². The van der Waals surface area contributed by atoms with Gasteiger partial charge in [-0.3, -0.25) is 4.79 Å². The highest BCUT2D eigenvalue weighted by Crippen LogP contribution is 2.16. The molecule has 0 aromatic carbocycles. The second-order valence-corrected chi connectivity index (χ2v) is 8.57. The third-order valence-electron chi connectivity index (χ3n) is 1.50. The Hall–Kier alpha value is 0.197. The monoisotopic (exact) mass is 206 g/mol. The molecule has 0 aromatic heterocycles. The van der Waals surface area contributed by atoms with Crippen molar-refractivity contribution in [2.75, 3.05) is 0 Å². The quantitative estimate of drug-likeness (QED) is 0.552. The summed E-state index contributed by atoms with van der Waals surface area (Å²) in [5.41, 5.74) is 0. The van der Waals surface area contributed by atoms with E-state index in [1.54, 1.807) is 0 Å². The van der Waals surface area contributed by atoms with E-state index in [1.807, 2.05) is 13.8 Å². The van der Waals surface area contributed by atoms with E-state index in [2.05, 4.69) is 25.7 Å². The van der Waals surface area contributed by atoms with Crippen molar-refractivity contribution in [2.45, 2.75) is 45.5 Å². The minimum Gasteiger partial charge on any atom is -0.415 e. The van der Waals surface area contributed by atoms with Crippen molar-refractivity contribution in [2.24, 2.45) is 0 Å². The maximum Gasteiger partial charge on any atom is 0.187 e. The van der Waals surface area contributed by atoms with Gasteiger partial charge in [-0.05, 0) is 33.0 Å². The maximum absolute atomic E-state index is 10.6. The van der Waals surface area contributed by atoms with Crippen LogP contribution in [0.2, 0.25) is 19.1 Å². The lowest BCUT2D eigenvalue weighted by molar-refractivity contribution is -0.110. The van der Waals surface area contributed by atoms with Crippen LogP contribution in [0.15, 0.2) is 0 Å². The first-order valence-corrected chi connectivity index (χ1v) is 7.79. The second-order valence-electron chi connectivity index (χ2n) is 3.82. The van der Waals surface area contributed by atoms with E-state index in [0.717, 1.165) is 6.04 Å². The van der Waals surface area contributed by atoms with Crippen LogP contribution in [0.1, 0.15) is 20.3 Å². The summed E-state index contributed by atoms with van der Waals surface area (Å²) in [6.07, 6.45) is 0.802. The first-order valence-electron chi connectivity index (χ1n) is 4.23. The summed E-state index contributed by atoms with van der Waals surface area (Å²) in [7, 11) is -1.60. The van der Waals surface area contributed by atoms with Crippen LogP contribution in [0.25, 0.3) is 0 Å². The summed E-state index contributed by atoms with van der Waals surface area (Å²) in [6.45, 7) is 8.31. The van der Waals surface area contributed by atoms with Crippen LogP contribution in [0.4, 0.5) is 0 Å². The summed E-state index contributed by atoms with van der Waals surface area (Å²) < 4.78 is 5.74. The van der Waals surface area contributed by atoms with Gasteiger partial charge in [-0.1, -0.05) is 0 Å². The van der Waals surface area contributed by atoms with Gasteiger partial charge >= 0.3 is 0 Å². The number of rotatable bonds is 5. The van der Waals surface area contributed by atoms with Gasteiger partial charge in [-0.25, -0.2) is 0 Å². The highest BCUT2D eigenvalue weighted by atomic mass is 32.1. The number of carbonyl (C=O) groups excluding carboxylic acids is 1. The molecule has 0 rings (SSSR count). The van der Waals surface area contributed by atoms with Gasteiger partial charge < -0.3 is 4.43 Å². The molecule has 72 valence electrons. The fourth-order valence-electron chi connectivity index (χ4n) is 1.10. The third kappa shape index (κ3) is 6.88. The molecule has 0 N–H and O–H groups in total. The molecular formula is C8H18O2SSi. The van der Waals surface area contributed by atoms with Crippen LogP contribution < -0.4 is 0 Å². The fourth-order valence-corrected chi connectivity index (χ4v) is 3.65. The molecule has 0 unspecified atom stereocenters. The van der Waals surface area contributed by atoms with Crippen molar-refractivity contribution in [3.63, 3.8) is 0 Å². The van der Waals surface area contributed by atoms with E-state index < -0.39 is 8.32 Å². The van der Waals surface area contributed by atoms with E-state index in [-0.39, 0.29) is 11.2 Å². The van der Waals surface area contributed by atoms with Gasteiger partial charge in [0.15, 0.2) is 13.4 Å². The molecule has 0 fully saturated rings. The zero-order valence-electron chi connectivity index (χ0n) is 8.26. The molecule has 0 saturated heterocycles. The van der Waals surface area contributed by atoms with E-state index in [4.69, 9.17) is 4.43 Å². The standard InChI is InChI=1S/C8H18O2SSi/c1-7(2)10-12(3,4)6-5-8(9)11/h7H,5-6H2,1-4H3,(H,9,11). The average Bonchev–Trinajstić information content (AvgIpc) is 1.81. The van der Waals surface area contributed by atoms with Crippen LogP contribution in [0, 0.1) is 0 Å². The molecule has 0 aliphatic rings. The Balaban J connectivity index is 3.78. The summed E-state index contributed by atoms with van der Waals surface area (Å²) >= 11 is 3.73. The van der Waals surface area contributed by atoms with E-state index in [9.17, 15) is 4.79 Å². The largest absolute Gasteiger partial charge is 0.415 e. The lowest BCUT2D eigenvalue weighted by Crippen LogP contribution is -2.33. The highest BCUT2D eigenvalue weighted by molar-refractivity contribution is 7.96. The Bertz CT molecular complexity index is 157. The summed E-state index contributed by atoms with van der Waals surface area (Å²) in [5, 5.41) is -0.0390. The first-order chi connectivity index (χ1) is 5.33. The van der Waals surface area contributed by atoms with Crippen molar-refractivity contribution < 1.29 is 9.22 Å². The van der Waals surface area contributed by atoms with E-state index in [0.29, 0.717) is 6.42 Å². The predicted molar refractivity (Wildman–Crippen MR) is 57.1 cm³/mol. The molecule has 12 heavy (non-hydrogen) atoms. The number of hydrogen-bond donors (Lipinski definition) is 1. The van der Waals surface area contributed by atoms with Gasteiger partial charge in [0.25, 0.3) is 0 Å². The maximum atomic E-state index is 10.6. The van der Waals surface area contributed by atoms with Crippen LogP contribution in [0.5, 0.6) is 0 Å². The van der Waals surface area contributed by atoms with Crippen LogP contribution in [-0.4, -0.2) is 19.5 Å². The van der Waals surface area contributed by atoms with Gasteiger partial charge in [0.05, 0.1) is 0 Å². The molecule has 0 spiro atoms. The fraction of sp³-hybridized carbons (Fsp3) is 0.875. The highest BCUT2D eigenvalue weighted by Gasteiger charge is 2.23. The molecule has 0 aliphatic carbocycles. The Morgan fingerprint density at radius 3 is 2.33 bits per heavy atom. The summed E-state index contributed by atoms with van der Waals surface area (Å²) in [6, 6.07) is 0.869. The zero-order chi connectivity index (χ0) is 9.78. The van der Waals surface area contributed by atoms with Crippen molar-refractivity contribution in [1.82, 2.24) is 0 Å². The lowest BCUT2D eigenvalue weighted by Gasteiger charge is -2.24. The SMILES string of the molecule is CC(C)O[Si](C)(C)CCC(=O)S. The Morgan fingerprint density at radius 2 is 2.00 bits per heavy atom. The van der Waals surface area contributed by atoms with Crippen LogP contribution in [0.3, 0.4) is 0 Å². The van der Waals surface area contributed by atoms with Crippen molar-refractivity contribution in [3.8, 4) is 0 Å². The van der Waals surface area contributed by atoms with Crippen molar-refractivity contribution >= 4 is 26.1 Å². The molecule has 0 heterocycles. The van der Waals surface area contributed by atoms with Gasteiger partial charge in [0, 0.05) is 12.5 Å². The first kappa shape index (κ1) is 12.2. The van der Waals surface area contributed by atoms with E-state index in [1.165, 1.54) is 0 Å². The summed E-state index contributed by atoms with van der Waals surface area (Å²) in [5.74, 6) is 0. The average molecular weight is 206 g/mol. The molecule has 0 amide bonds. The normalized spacial score (nSPS) is 12.2. The molecule has 0 radical (unpaired) electrons. The molecule has 0 saturated carbocycles. The smallest absolute Gasteiger partial charge is 0.187 e. The molecule has 2 nitrogen and oxygen atoms in total. The molecule has 0 bridgehead atoms. The van der Waals surface area contributed by atoms with Gasteiger partial charge in [-0.2, -0.15) is 0 Å². The number of hydrogen-bond acceptors (Lipinski definition) is 2. The molecule has 4 heteroatoms. The van der Waals surface area contributed by atoms with Crippen molar-refractivity contribution in [1.29, 1.82) is 0 Å². The Kier molecular flexibility index (Phi) is 5.12. The third-order valence-corrected chi connectivity index (χ3v) is 4.28. The van der Waals surface area contributed by atoms with Gasteiger partial charge in [0.1, 0.15) is 0 Å². The minimum atomic E-state index is -1.60. The Labute approximate surface area is 81.2 Å².